The summed E-state index contributed by atoms with van der Waals surface area (Å²) in [6, 6.07) is 14.2. The number of H-pyrrole nitrogens is 1. The minimum atomic E-state index is -0.275. The Morgan fingerprint density at radius 3 is 2.56 bits per heavy atom. The van der Waals surface area contributed by atoms with Gasteiger partial charge in [-0.15, -0.1) is 0 Å². The molecule has 0 radical (unpaired) electrons. The van der Waals surface area contributed by atoms with Crippen LogP contribution in [0.2, 0.25) is 0 Å². The van der Waals surface area contributed by atoms with Crippen LogP contribution in [-0.4, -0.2) is 33.9 Å². The van der Waals surface area contributed by atoms with Gasteiger partial charge in [0.05, 0.1) is 17.5 Å². The molecule has 0 bridgehead atoms. The SMILES string of the molecule is O=C(Cc1ccc(F)cc1)N1CCC(c2nc3ccccc3[nH]2)CC1. The van der Waals surface area contributed by atoms with Crippen molar-refractivity contribution in [1.82, 2.24) is 14.9 Å². The Morgan fingerprint density at radius 2 is 1.84 bits per heavy atom. The van der Waals surface area contributed by atoms with E-state index in [0.29, 0.717) is 12.3 Å². The van der Waals surface area contributed by atoms with Crippen LogP contribution in [0.3, 0.4) is 0 Å². The first-order valence-electron chi connectivity index (χ1n) is 8.66. The second-order valence-electron chi connectivity index (χ2n) is 6.60. The van der Waals surface area contributed by atoms with E-state index in [1.807, 2.05) is 29.2 Å². The topological polar surface area (TPSA) is 49.0 Å². The minimum absolute atomic E-state index is 0.106. The van der Waals surface area contributed by atoms with Crippen molar-refractivity contribution < 1.29 is 9.18 Å². The maximum Gasteiger partial charge on any atom is 0.226 e. The summed E-state index contributed by atoms with van der Waals surface area (Å²) in [4.78, 5) is 22.4. The Kier molecular flexibility index (Phi) is 4.22. The van der Waals surface area contributed by atoms with Gasteiger partial charge >= 0.3 is 0 Å². The van der Waals surface area contributed by atoms with Crippen LogP contribution in [-0.2, 0) is 11.2 Å². The fourth-order valence-corrected chi connectivity index (χ4v) is 3.46. The highest BCUT2D eigenvalue weighted by Gasteiger charge is 2.25. The lowest BCUT2D eigenvalue weighted by molar-refractivity contribution is -0.131. The Bertz CT molecular complexity index is 846. The molecule has 4 nitrogen and oxygen atoms in total. The van der Waals surface area contributed by atoms with E-state index in [1.54, 1.807) is 12.1 Å². The zero-order valence-electron chi connectivity index (χ0n) is 13.9. The summed E-state index contributed by atoms with van der Waals surface area (Å²) in [5.41, 5.74) is 2.91. The molecule has 1 aromatic heterocycles. The number of nitrogens with zero attached hydrogens (tertiary/aromatic N) is 2. The molecule has 0 saturated carbocycles. The van der Waals surface area contributed by atoms with Crippen LogP contribution < -0.4 is 0 Å². The summed E-state index contributed by atoms with van der Waals surface area (Å²) >= 11 is 0. The smallest absolute Gasteiger partial charge is 0.226 e. The van der Waals surface area contributed by atoms with Crippen molar-refractivity contribution in [3.05, 3.63) is 65.7 Å². The number of carbonyl (C=O) groups excluding carboxylic acids is 1. The van der Waals surface area contributed by atoms with Gasteiger partial charge in [-0.05, 0) is 42.7 Å². The minimum Gasteiger partial charge on any atom is -0.342 e. The largest absolute Gasteiger partial charge is 0.342 e. The van der Waals surface area contributed by atoms with Gasteiger partial charge in [0, 0.05) is 19.0 Å². The molecule has 1 fully saturated rings. The molecular weight excluding hydrogens is 317 g/mol. The molecule has 5 heteroatoms. The second-order valence-corrected chi connectivity index (χ2v) is 6.60. The van der Waals surface area contributed by atoms with Crippen molar-refractivity contribution in [2.24, 2.45) is 0 Å². The van der Waals surface area contributed by atoms with Crippen molar-refractivity contribution in [3.8, 4) is 0 Å². The molecule has 1 N–H and O–H groups in total. The Morgan fingerprint density at radius 1 is 1.12 bits per heavy atom. The third-order valence-electron chi connectivity index (χ3n) is 4.91. The molecule has 1 aliphatic heterocycles. The van der Waals surface area contributed by atoms with Gasteiger partial charge in [0.15, 0.2) is 0 Å². The predicted molar refractivity (Wildman–Crippen MR) is 94.8 cm³/mol. The van der Waals surface area contributed by atoms with E-state index in [4.69, 9.17) is 0 Å². The number of fused-ring (bicyclic) bond motifs is 1. The van der Waals surface area contributed by atoms with Crippen LogP contribution in [0, 0.1) is 5.82 Å². The van der Waals surface area contributed by atoms with Crippen LogP contribution in [0.1, 0.15) is 30.1 Å². The Labute approximate surface area is 145 Å². The van der Waals surface area contributed by atoms with Gasteiger partial charge in [-0.1, -0.05) is 24.3 Å². The number of likely N-dealkylation sites (tertiary alicyclic amines) is 1. The number of nitrogens with one attached hydrogen (secondary N) is 1. The number of benzene rings is 2. The molecule has 25 heavy (non-hydrogen) atoms. The molecule has 0 atom stereocenters. The van der Waals surface area contributed by atoms with E-state index in [2.05, 4.69) is 9.97 Å². The van der Waals surface area contributed by atoms with E-state index in [9.17, 15) is 9.18 Å². The number of carbonyl (C=O) groups is 1. The Hall–Kier alpha value is -2.69. The number of amides is 1. The van der Waals surface area contributed by atoms with Gasteiger partial charge in [0.25, 0.3) is 0 Å². The zero-order valence-corrected chi connectivity index (χ0v) is 13.9. The standard InChI is InChI=1S/C20H20FN3O/c21-16-7-5-14(6-8-16)13-19(25)24-11-9-15(10-12-24)20-22-17-3-1-2-4-18(17)23-20/h1-8,15H,9-13H2,(H,22,23). The van der Waals surface area contributed by atoms with Crippen LogP contribution >= 0.6 is 0 Å². The summed E-state index contributed by atoms with van der Waals surface area (Å²) in [7, 11) is 0. The lowest BCUT2D eigenvalue weighted by Crippen LogP contribution is -2.39. The molecule has 1 saturated heterocycles. The maximum absolute atomic E-state index is 13.0. The average molecular weight is 337 g/mol. The molecule has 128 valence electrons. The van der Waals surface area contributed by atoms with Gasteiger partial charge in [-0.25, -0.2) is 9.37 Å². The van der Waals surface area contributed by atoms with Crippen LogP contribution in [0.5, 0.6) is 0 Å². The molecule has 4 rings (SSSR count). The first-order valence-corrected chi connectivity index (χ1v) is 8.66. The number of para-hydroxylation sites is 2. The lowest BCUT2D eigenvalue weighted by atomic mass is 9.95. The second kappa shape index (κ2) is 6.67. The van der Waals surface area contributed by atoms with Crippen LogP contribution in [0.15, 0.2) is 48.5 Å². The maximum atomic E-state index is 13.0. The molecule has 0 aliphatic carbocycles. The zero-order chi connectivity index (χ0) is 17.2. The van der Waals surface area contributed by atoms with Crippen molar-refractivity contribution in [2.75, 3.05) is 13.1 Å². The third-order valence-corrected chi connectivity index (χ3v) is 4.91. The molecule has 0 unspecified atom stereocenters. The van der Waals surface area contributed by atoms with E-state index in [-0.39, 0.29) is 11.7 Å². The molecule has 0 spiro atoms. The number of rotatable bonds is 3. The van der Waals surface area contributed by atoms with E-state index < -0.39 is 0 Å². The highest BCUT2D eigenvalue weighted by Crippen LogP contribution is 2.28. The fraction of sp³-hybridized carbons (Fsp3) is 0.300. The molecular formula is C20H20FN3O. The van der Waals surface area contributed by atoms with Gasteiger partial charge in [-0.2, -0.15) is 0 Å². The van der Waals surface area contributed by atoms with Crippen molar-refractivity contribution in [1.29, 1.82) is 0 Å². The molecule has 2 heterocycles. The molecule has 2 aromatic carbocycles. The van der Waals surface area contributed by atoms with Crippen LogP contribution in [0.4, 0.5) is 4.39 Å². The highest BCUT2D eigenvalue weighted by atomic mass is 19.1. The van der Waals surface area contributed by atoms with Gasteiger partial charge < -0.3 is 9.88 Å². The van der Waals surface area contributed by atoms with Crippen LogP contribution in [0.25, 0.3) is 11.0 Å². The number of halogens is 1. The number of imidazole rings is 1. The number of piperidine rings is 1. The molecule has 1 aliphatic rings. The first-order chi connectivity index (χ1) is 12.2. The summed E-state index contributed by atoms with van der Waals surface area (Å²) in [6.07, 6.45) is 2.15. The summed E-state index contributed by atoms with van der Waals surface area (Å²) in [5.74, 6) is 1.21. The van der Waals surface area contributed by atoms with E-state index >= 15 is 0 Å². The Balaban J connectivity index is 1.37. The highest BCUT2D eigenvalue weighted by molar-refractivity contribution is 5.79. The number of hydrogen-bond acceptors (Lipinski definition) is 2. The quantitative estimate of drug-likeness (QED) is 0.793. The lowest BCUT2D eigenvalue weighted by Gasteiger charge is -2.31. The molecule has 3 aromatic rings. The van der Waals surface area contributed by atoms with E-state index in [1.165, 1.54) is 12.1 Å². The normalized spacial score (nSPS) is 15.6. The number of hydrogen-bond donors (Lipinski definition) is 1. The van der Waals surface area contributed by atoms with Gasteiger partial charge in [-0.3, -0.25) is 4.79 Å². The van der Waals surface area contributed by atoms with Crippen molar-refractivity contribution in [3.63, 3.8) is 0 Å². The van der Waals surface area contributed by atoms with Crippen molar-refractivity contribution >= 4 is 16.9 Å². The third kappa shape index (κ3) is 3.40. The fourth-order valence-electron chi connectivity index (χ4n) is 3.46. The monoisotopic (exact) mass is 337 g/mol. The number of aromatic nitrogens is 2. The summed E-state index contributed by atoms with van der Waals surface area (Å²) in [5, 5.41) is 0. The summed E-state index contributed by atoms with van der Waals surface area (Å²) < 4.78 is 13.0. The van der Waals surface area contributed by atoms with Gasteiger partial charge in [0.2, 0.25) is 5.91 Å². The predicted octanol–water partition coefficient (Wildman–Crippen LogP) is 3.65. The number of aromatic amines is 1. The first kappa shape index (κ1) is 15.8. The average Bonchev–Trinajstić information content (AvgIpc) is 3.08. The molecule has 1 amide bonds. The van der Waals surface area contributed by atoms with Gasteiger partial charge in [0.1, 0.15) is 11.6 Å². The van der Waals surface area contributed by atoms with E-state index in [0.717, 1.165) is 48.4 Å². The van der Waals surface area contributed by atoms with Crippen molar-refractivity contribution in [2.45, 2.75) is 25.2 Å². The summed E-state index contributed by atoms with van der Waals surface area (Å²) in [6.45, 7) is 1.48.